The van der Waals surface area contributed by atoms with Gasteiger partial charge in [-0.3, -0.25) is 9.59 Å². The smallest absolute Gasteiger partial charge is 0.308 e. The van der Waals surface area contributed by atoms with Crippen LogP contribution in [0, 0.1) is 11.8 Å². The molecular weight excluding hydrogens is 244 g/mol. The summed E-state index contributed by atoms with van der Waals surface area (Å²) in [4.78, 5) is 25.0. The number of likely N-dealkylation sites (tertiary alicyclic amines) is 1. The first kappa shape index (κ1) is 16.0. The highest BCUT2D eigenvalue weighted by Gasteiger charge is 2.20. The number of amides is 1. The molecule has 0 aromatic carbocycles. The molecule has 19 heavy (non-hydrogen) atoms. The standard InChI is InChI=1S/C14H26N2O3/c1-11(2)9-12(14(18)19)10-15-13(17)5-8-16-6-3-4-7-16/h11-12H,3-10H2,1-2H3,(H,15,17)(H,18,19). The van der Waals surface area contributed by atoms with Crippen molar-refractivity contribution in [3.05, 3.63) is 0 Å². The topological polar surface area (TPSA) is 69.6 Å². The summed E-state index contributed by atoms with van der Waals surface area (Å²) in [6.45, 7) is 7.17. The molecule has 0 spiro atoms. The van der Waals surface area contributed by atoms with Crippen LogP contribution in [0.25, 0.3) is 0 Å². The Morgan fingerprint density at radius 2 is 1.89 bits per heavy atom. The maximum absolute atomic E-state index is 11.7. The molecule has 0 aliphatic carbocycles. The maximum Gasteiger partial charge on any atom is 0.308 e. The summed E-state index contributed by atoms with van der Waals surface area (Å²) in [5, 5.41) is 11.8. The van der Waals surface area contributed by atoms with Gasteiger partial charge in [0.15, 0.2) is 0 Å². The van der Waals surface area contributed by atoms with Crippen molar-refractivity contribution >= 4 is 11.9 Å². The summed E-state index contributed by atoms with van der Waals surface area (Å²) in [5.41, 5.74) is 0. The van der Waals surface area contributed by atoms with Gasteiger partial charge in [0.05, 0.1) is 5.92 Å². The van der Waals surface area contributed by atoms with E-state index in [1.54, 1.807) is 0 Å². The van der Waals surface area contributed by atoms with E-state index in [1.807, 2.05) is 13.8 Å². The van der Waals surface area contributed by atoms with E-state index in [0.717, 1.165) is 19.6 Å². The van der Waals surface area contributed by atoms with Crippen molar-refractivity contribution in [2.24, 2.45) is 11.8 Å². The lowest BCUT2D eigenvalue weighted by molar-refractivity contribution is -0.142. The average Bonchev–Trinajstić information content (AvgIpc) is 2.84. The van der Waals surface area contributed by atoms with E-state index >= 15 is 0 Å². The molecule has 1 atom stereocenters. The monoisotopic (exact) mass is 270 g/mol. The Hall–Kier alpha value is -1.10. The van der Waals surface area contributed by atoms with Gasteiger partial charge in [-0.2, -0.15) is 0 Å². The van der Waals surface area contributed by atoms with Crippen LogP contribution in [0.2, 0.25) is 0 Å². The SMILES string of the molecule is CC(C)CC(CNC(=O)CCN1CCCC1)C(=O)O. The Labute approximate surface area is 115 Å². The molecule has 0 radical (unpaired) electrons. The van der Waals surface area contributed by atoms with Crippen molar-refractivity contribution in [3.8, 4) is 0 Å². The number of nitrogens with one attached hydrogen (secondary N) is 1. The Morgan fingerprint density at radius 3 is 2.42 bits per heavy atom. The van der Waals surface area contributed by atoms with E-state index < -0.39 is 11.9 Å². The second-order valence-corrected chi connectivity index (χ2v) is 5.77. The summed E-state index contributed by atoms with van der Waals surface area (Å²) < 4.78 is 0. The first-order valence-electron chi connectivity index (χ1n) is 7.21. The van der Waals surface area contributed by atoms with Crippen LogP contribution >= 0.6 is 0 Å². The van der Waals surface area contributed by atoms with Gasteiger partial charge < -0.3 is 15.3 Å². The van der Waals surface area contributed by atoms with Crippen molar-refractivity contribution in [1.29, 1.82) is 0 Å². The predicted molar refractivity (Wildman–Crippen MR) is 73.9 cm³/mol. The molecule has 1 aliphatic rings. The van der Waals surface area contributed by atoms with Crippen LogP contribution in [0.5, 0.6) is 0 Å². The van der Waals surface area contributed by atoms with Crippen molar-refractivity contribution in [3.63, 3.8) is 0 Å². The minimum Gasteiger partial charge on any atom is -0.481 e. The van der Waals surface area contributed by atoms with E-state index in [9.17, 15) is 9.59 Å². The van der Waals surface area contributed by atoms with E-state index in [2.05, 4.69) is 10.2 Å². The fourth-order valence-corrected chi connectivity index (χ4v) is 2.43. The number of carboxylic acid groups (broad SMARTS) is 1. The zero-order chi connectivity index (χ0) is 14.3. The van der Waals surface area contributed by atoms with Crippen molar-refractivity contribution in [1.82, 2.24) is 10.2 Å². The third-order valence-electron chi connectivity index (χ3n) is 3.50. The minimum absolute atomic E-state index is 0.0399. The van der Waals surface area contributed by atoms with Gasteiger partial charge in [0.2, 0.25) is 5.91 Å². The van der Waals surface area contributed by atoms with Gasteiger partial charge in [-0.1, -0.05) is 13.8 Å². The molecular formula is C14H26N2O3. The van der Waals surface area contributed by atoms with E-state index in [1.165, 1.54) is 12.8 Å². The predicted octanol–water partition coefficient (Wildman–Crippen LogP) is 1.34. The van der Waals surface area contributed by atoms with Crippen molar-refractivity contribution in [2.75, 3.05) is 26.2 Å². The number of nitrogens with zero attached hydrogens (tertiary/aromatic N) is 1. The van der Waals surface area contributed by atoms with Crippen LogP contribution in [0.1, 0.15) is 39.5 Å². The molecule has 2 N–H and O–H groups in total. The van der Waals surface area contributed by atoms with Crippen LogP contribution in [-0.4, -0.2) is 48.1 Å². The lowest BCUT2D eigenvalue weighted by Crippen LogP contribution is -2.35. The molecule has 1 heterocycles. The van der Waals surface area contributed by atoms with E-state index in [0.29, 0.717) is 18.8 Å². The minimum atomic E-state index is -0.825. The van der Waals surface area contributed by atoms with Gasteiger partial charge in [-0.05, 0) is 38.3 Å². The third kappa shape index (κ3) is 6.57. The molecule has 0 aromatic rings. The van der Waals surface area contributed by atoms with Gasteiger partial charge in [0.25, 0.3) is 0 Å². The molecule has 1 aliphatic heterocycles. The Balaban J connectivity index is 2.21. The highest BCUT2D eigenvalue weighted by atomic mass is 16.4. The summed E-state index contributed by atoms with van der Waals surface area (Å²) in [7, 11) is 0. The molecule has 1 saturated heterocycles. The Kier molecular flexibility index (Phi) is 6.84. The zero-order valence-electron chi connectivity index (χ0n) is 12.0. The average molecular weight is 270 g/mol. The van der Waals surface area contributed by atoms with Crippen molar-refractivity contribution in [2.45, 2.75) is 39.5 Å². The largest absolute Gasteiger partial charge is 0.481 e. The summed E-state index contributed by atoms with van der Waals surface area (Å²) in [5.74, 6) is -1.02. The number of rotatable bonds is 8. The number of hydrogen-bond acceptors (Lipinski definition) is 3. The molecule has 1 fully saturated rings. The van der Waals surface area contributed by atoms with Gasteiger partial charge in [-0.15, -0.1) is 0 Å². The number of carboxylic acids is 1. The van der Waals surface area contributed by atoms with Crippen LogP contribution in [-0.2, 0) is 9.59 Å². The van der Waals surface area contributed by atoms with E-state index in [4.69, 9.17) is 5.11 Å². The Bertz CT molecular complexity index is 299. The van der Waals surface area contributed by atoms with E-state index in [-0.39, 0.29) is 12.5 Å². The summed E-state index contributed by atoms with van der Waals surface area (Å²) in [6, 6.07) is 0. The Morgan fingerprint density at radius 1 is 1.26 bits per heavy atom. The number of carbonyl (C=O) groups is 2. The quantitative estimate of drug-likeness (QED) is 0.698. The highest BCUT2D eigenvalue weighted by Crippen LogP contribution is 2.11. The van der Waals surface area contributed by atoms with Gasteiger partial charge in [0.1, 0.15) is 0 Å². The van der Waals surface area contributed by atoms with Crippen LogP contribution in [0.4, 0.5) is 0 Å². The maximum atomic E-state index is 11.7. The fourth-order valence-electron chi connectivity index (χ4n) is 2.43. The number of aliphatic carboxylic acids is 1. The highest BCUT2D eigenvalue weighted by molar-refractivity contribution is 5.77. The van der Waals surface area contributed by atoms with Gasteiger partial charge >= 0.3 is 5.97 Å². The normalized spacial score (nSPS) is 17.6. The lowest BCUT2D eigenvalue weighted by Gasteiger charge is -2.17. The van der Waals surface area contributed by atoms with Crippen LogP contribution in [0.3, 0.4) is 0 Å². The molecule has 1 rings (SSSR count). The molecule has 1 unspecified atom stereocenters. The zero-order valence-corrected chi connectivity index (χ0v) is 12.0. The third-order valence-corrected chi connectivity index (χ3v) is 3.50. The second-order valence-electron chi connectivity index (χ2n) is 5.77. The molecule has 1 amide bonds. The lowest BCUT2D eigenvalue weighted by atomic mass is 9.97. The fraction of sp³-hybridized carbons (Fsp3) is 0.857. The molecule has 110 valence electrons. The summed E-state index contributed by atoms with van der Waals surface area (Å²) in [6.07, 6.45) is 3.50. The van der Waals surface area contributed by atoms with Crippen LogP contribution in [0.15, 0.2) is 0 Å². The summed E-state index contributed by atoms with van der Waals surface area (Å²) >= 11 is 0. The number of carbonyl (C=O) groups excluding carboxylic acids is 1. The van der Waals surface area contributed by atoms with Gasteiger partial charge in [0, 0.05) is 19.5 Å². The number of hydrogen-bond donors (Lipinski definition) is 2. The first-order valence-corrected chi connectivity index (χ1v) is 7.21. The van der Waals surface area contributed by atoms with Gasteiger partial charge in [-0.25, -0.2) is 0 Å². The molecule has 0 aromatic heterocycles. The molecule has 5 nitrogen and oxygen atoms in total. The molecule has 5 heteroatoms. The molecule has 0 saturated carbocycles. The second kappa shape index (κ2) is 8.15. The van der Waals surface area contributed by atoms with Crippen molar-refractivity contribution < 1.29 is 14.7 Å². The van der Waals surface area contributed by atoms with Crippen LogP contribution < -0.4 is 5.32 Å². The first-order chi connectivity index (χ1) is 8.99. The molecule has 0 bridgehead atoms.